The standard InChI is InChI=1S/C17H24FN3O2/c1-12-10-21(11-13(2)23-12)16-6-5-14(9-15(16)18)19-17(22)20-7-3-4-8-20/h5-6,9,12-13H,3-4,7-8,10-11H2,1-2H3,(H,19,22)/t12-,13-/m1/s1. The number of nitrogens with one attached hydrogen (secondary N) is 1. The number of urea groups is 1. The Morgan fingerprint density at radius 3 is 2.48 bits per heavy atom. The van der Waals surface area contributed by atoms with Crippen molar-refractivity contribution in [2.75, 3.05) is 36.4 Å². The summed E-state index contributed by atoms with van der Waals surface area (Å²) in [5.41, 5.74) is 1.06. The highest BCUT2D eigenvalue weighted by Crippen LogP contribution is 2.26. The van der Waals surface area contributed by atoms with E-state index in [0.717, 1.165) is 25.9 Å². The average molecular weight is 321 g/mol. The molecule has 6 heteroatoms. The second-order valence-corrected chi connectivity index (χ2v) is 6.45. The number of amides is 2. The van der Waals surface area contributed by atoms with Crippen LogP contribution in [0.25, 0.3) is 0 Å². The number of carbonyl (C=O) groups is 1. The van der Waals surface area contributed by atoms with Crippen molar-refractivity contribution in [1.29, 1.82) is 0 Å². The smallest absolute Gasteiger partial charge is 0.321 e. The molecule has 0 saturated carbocycles. The van der Waals surface area contributed by atoms with Gasteiger partial charge in [0.15, 0.2) is 0 Å². The van der Waals surface area contributed by atoms with Gasteiger partial charge in [0, 0.05) is 31.9 Å². The molecule has 0 spiro atoms. The predicted molar refractivity (Wildman–Crippen MR) is 88.4 cm³/mol. The van der Waals surface area contributed by atoms with Crippen molar-refractivity contribution in [3.63, 3.8) is 0 Å². The quantitative estimate of drug-likeness (QED) is 0.910. The molecule has 3 rings (SSSR count). The second kappa shape index (κ2) is 6.74. The Bertz CT molecular complexity index is 565. The first-order chi connectivity index (χ1) is 11.0. The lowest BCUT2D eigenvalue weighted by Crippen LogP contribution is -2.45. The van der Waals surface area contributed by atoms with Gasteiger partial charge in [-0.15, -0.1) is 0 Å². The van der Waals surface area contributed by atoms with Crippen molar-refractivity contribution >= 4 is 17.4 Å². The molecule has 5 nitrogen and oxygen atoms in total. The van der Waals surface area contributed by atoms with Crippen LogP contribution in [0.3, 0.4) is 0 Å². The Kier molecular flexibility index (Phi) is 4.71. The lowest BCUT2D eigenvalue weighted by molar-refractivity contribution is -0.00539. The third-order valence-corrected chi connectivity index (χ3v) is 4.35. The third kappa shape index (κ3) is 3.75. The van der Waals surface area contributed by atoms with Crippen molar-refractivity contribution in [2.45, 2.75) is 38.9 Å². The number of benzene rings is 1. The summed E-state index contributed by atoms with van der Waals surface area (Å²) in [6, 6.07) is 4.74. The summed E-state index contributed by atoms with van der Waals surface area (Å²) in [6.45, 7) is 6.86. The van der Waals surface area contributed by atoms with Gasteiger partial charge in [-0.05, 0) is 44.9 Å². The van der Waals surface area contributed by atoms with E-state index in [2.05, 4.69) is 5.32 Å². The number of carbonyl (C=O) groups excluding carboxylic acids is 1. The molecule has 2 aliphatic heterocycles. The van der Waals surface area contributed by atoms with Crippen LogP contribution < -0.4 is 10.2 Å². The Hall–Kier alpha value is -1.82. The first-order valence-electron chi connectivity index (χ1n) is 8.29. The minimum atomic E-state index is -0.314. The van der Waals surface area contributed by atoms with Crippen molar-refractivity contribution in [3.05, 3.63) is 24.0 Å². The van der Waals surface area contributed by atoms with E-state index in [-0.39, 0.29) is 24.1 Å². The molecule has 0 aliphatic carbocycles. The second-order valence-electron chi connectivity index (χ2n) is 6.45. The molecule has 2 aliphatic rings. The molecule has 2 fully saturated rings. The fourth-order valence-corrected chi connectivity index (χ4v) is 3.34. The third-order valence-electron chi connectivity index (χ3n) is 4.35. The van der Waals surface area contributed by atoms with Crippen molar-refractivity contribution in [3.8, 4) is 0 Å². The molecule has 126 valence electrons. The summed E-state index contributed by atoms with van der Waals surface area (Å²) in [5.74, 6) is -0.314. The molecule has 23 heavy (non-hydrogen) atoms. The molecule has 2 atom stereocenters. The zero-order valence-electron chi connectivity index (χ0n) is 13.7. The molecule has 1 N–H and O–H groups in total. The van der Waals surface area contributed by atoms with Crippen molar-refractivity contribution in [1.82, 2.24) is 4.90 Å². The van der Waals surface area contributed by atoms with Crippen LogP contribution in [0.15, 0.2) is 18.2 Å². The van der Waals surface area contributed by atoms with E-state index in [1.165, 1.54) is 6.07 Å². The van der Waals surface area contributed by atoms with Crippen LogP contribution >= 0.6 is 0 Å². The highest BCUT2D eigenvalue weighted by molar-refractivity contribution is 5.89. The maximum absolute atomic E-state index is 14.5. The summed E-state index contributed by atoms with van der Waals surface area (Å²) in [6.07, 6.45) is 2.22. The Morgan fingerprint density at radius 2 is 1.87 bits per heavy atom. The maximum Gasteiger partial charge on any atom is 0.321 e. The van der Waals surface area contributed by atoms with Crippen LogP contribution in [0.2, 0.25) is 0 Å². The molecular weight excluding hydrogens is 297 g/mol. The van der Waals surface area contributed by atoms with E-state index >= 15 is 0 Å². The van der Waals surface area contributed by atoms with Gasteiger partial charge in [0.1, 0.15) is 5.82 Å². The van der Waals surface area contributed by atoms with Gasteiger partial charge in [-0.3, -0.25) is 0 Å². The van der Waals surface area contributed by atoms with Crippen molar-refractivity contribution < 1.29 is 13.9 Å². The minimum Gasteiger partial charge on any atom is -0.372 e. The van der Waals surface area contributed by atoms with Crippen LogP contribution in [0.4, 0.5) is 20.6 Å². The van der Waals surface area contributed by atoms with Crippen LogP contribution in [-0.2, 0) is 4.74 Å². The molecule has 1 aromatic carbocycles. The van der Waals surface area contributed by atoms with Crippen molar-refractivity contribution in [2.24, 2.45) is 0 Å². The summed E-state index contributed by atoms with van der Waals surface area (Å²) in [4.78, 5) is 15.8. The van der Waals surface area contributed by atoms with Crippen LogP contribution in [0, 0.1) is 5.82 Å². The number of rotatable bonds is 2. The number of halogens is 1. The van der Waals surface area contributed by atoms with Crippen LogP contribution in [0.5, 0.6) is 0 Å². The van der Waals surface area contributed by atoms with E-state index in [1.807, 2.05) is 18.7 Å². The molecular formula is C17H24FN3O2. The van der Waals surface area contributed by atoms with Gasteiger partial charge in [-0.1, -0.05) is 0 Å². The first-order valence-corrected chi connectivity index (χ1v) is 8.29. The summed E-state index contributed by atoms with van der Waals surface area (Å²) in [5, 5.41) is 2.78. The van der Waals surface area contributed by atoms with Crippen LogP contribution in [-0.4, -0.2) is 49.3 Å². The lowest BCUT2D eigenvalue weighted by atomic mass is 10.2. The van der Waals surface area contributed by atoms with Gasteiger partial charge in [0.25, 0.3) is 0 Å². The van der Waals surface area contributed by atoms with E-state index in [4.69, 9.17) is 4.74 Å². The molecule has 0 aromatic heterocycles. The minimum absolute atomic E-state index is 0.0766. The number of likely N-dealkylation sites (tertiary alicyclic amines) is 1. The number of hydrogen-bond acceptors (Lipinski definition) is 3. The zero-order chi connectivity index (χ0) is 16.4. The van der Waals surface area contributed by atoms with E-state index in [0.29, 0.717) is 24.5 Å². The number of hydrogen-bond donors (Lipinski definition) is 1. The summed E-state index contributed by atoms with van der Waals surface area (Å²) in [7, 11) is 0. The number of anilines is 2. The Morgan fingerprint density at radius 1 is 1.22 bits per heavy atom. The largest absolute Gasteiger partial charge is 0.372 e. The molecule has 1 aromatic rings. The highest BCUT2D eigenvalue weighted by atomic mass is 19.1. The highest BCUT2D eigenvalue weighted by Gasteiger charge is 2.24. The van der Waals surface area contributed by atoms with Gasteiger partial charge in [-0.2, -0.15) is 0 Å². The molecule has 2 amide bonds. The number of nitrogens with zero attached hydrogens (tertiary/aromatic N) is 2. The van der Waals surface area contributed by atoms with Gasteiger partial charge >= 0.3 is 6.03 Å². The zero-order valence-corrected chi connectivity index (χ0v) is 13.7. The average Bonchev–Trinajstić information content (AvgIpc) is 3.00. The fourth-order valence-electron chi connectivity index (χ4n) is 3.34. The Balaban J connectivity index is 1.69. The monoisotopic (exact) mass is 321 g/mol. The summed E-state index contributed by atoms with van der Waals surface area (Å²) < 4.78 is 20.2. The van der Waals surface area contributed by atoms with Crippen LogP contribution in [0.1, 0.15) is 26.7 Å². The lowest BCUT2D eigenvalue weighted by Gasteiger charge is -2.37. The molecule has 2 saturated heterocycles. The topological polar surface area (TPSA) is 44.8 Å². The van der Waals surface area contributed by atoms with Gasteiger partial charge in [0.2, 0.25) is 0 Å². The van der Waals surface area contributed by atoms with Gasteiger partial charge in [-0.25, -0.2) is 9.18 Å². The van der Waals surface area contributed by atoms with E-state index in [9.17, 15) is 9.18 Å². The van der Waals surface area contributed by atoms with E-state index < -0.39 is 0 Å². The normalized spacial score (nSPS) is 24.8. The van der Waals surface area contributed by atoms with Gasteiger partial charge in [0.05, 0.1) is 17.9 Å². The molecule has 0 bridgehead atoms. The molecule has 2 heterocycles. The predicted octanol–water partition coefficient (Wildman–Crippen LogP) is 3.07. The molecule has 0 radical (unpaired) electrons. The number of morpholine rings is 1. The fraction of sp³-hybridized carbons (Fsp3) is 0.588. The summed E-state index contributed by atoms with van der Waals surface area (Å²) >= 11 is 0. The SMILES string of the molecule is C[C@@H]1CN(c2ccc(NC(=O)N3CCCC3)cc2F)C[C@@H](C)O1. The maximum atomic E-state index is 14.5. The number of ether oxygens (including phenoxy) is 1. The van der Waals surface area contributed by atoms with Gasteiger partial charge < -0.3 is 19.9 Å². The molecule has 0 unspecified atom stereocenters. The Labute approximate surface area is 136 Å². The first kappa shape index (κ1) is 16.1. The van der Waals surface area contributed by atoms with E-state index in [1.54, 1.807) is 17.0 Å².